The van der Waals surface area contributed by atoms with Gasteiger partial charge in [0.1, 0.15) is 13.2 Å². The Bertz CT molecular complexity index is 1290. The Labute approximate surface area is 427 Å². The zero-order valence-corrected chi connectivity index (χ0v) is 45.6. The van der Waals surface area contributed by atoms with Crippen LogP contribution >= 0.6 is 0 Å². The van der Waals surface area contributed by atoms with Crippen molar-refractivity contribution >= 4 is 17.9 Å². The van der Waals surface area contributed by atoms with Crippen LogP contribution in [-0.2, 0) is 28.6 Å². The lowest BCUT2D eigenvalue weighted by Gasteiger charge is -2.18. The second-order valence-electron chi connectivity index (χ2n) is 19.5. The van der Waals surface area contributed by atoms with Crippen molar-refractivity contribution in [1.29, 1.82) is 0 Å². The van der Waals surface area contributed by atoms with E-state index >= 15 is 0 Å². The number of hydrogen-bond donors (Lipinski definition) is 0. The summed E-state index contributed by atoms with van der Waals surface area (Å²) in [5, 5.41) is 0. The summed E-state index contributed by atoms with van der Waals surface area (Å²) >= 11 is 0. The van der Waals surface area contributed by atoms with Crippen LogP contribution in [0.25, 0.3) is 0 Å². The van der Waals surface area contributed by atoms with Crippen molar-refractivity contribution < 1.29 is 28.6 Å². The van der Waals surface area contributed by atoms with Crippen LogP contribution in [-0.4, -0.2) is 37.2 Å². The highest BCUT2D eigenvalue weighted by Crippen LogP contribution is 2.16. The predicted octanol–water partition coefficient (Wildman–Crippen LogP) is 19.8. The molecule has 0 saturated carbocycles. The van der Waals surface area contributed by atoms with E-state index in [1.807, 2.05) is 0 Å². The molecule has 0 N–H and O–H groups in total. The Morgan fingerprint density at radius 3 is 0.884 bits per heavy atom. The van der Waals surface area contributed by atoms with Gasteiger partial charge in [-0.3, -0.25) is 14.4 Å². The van der Waals surface area contributed by atoms with Crippen LogP contribution < -0.4 is 0 Å². The van der Waals surface area contributed by atoms with Crippen LogP contribution in [0.2, 0.25) is 0 Å². The van der Waals surface area contributed by atoms with Crippen LogP contribution in [0.4, 0.5) is 0 Å². The molecule has 0 bridgehead atoms. The standard InChI is InChI=1S/C63H110O6/c1-4-7-10-13-16-19-22-24-26-28-29-30-31-32-33-34-35-36-38-39-41-44-47-50-53-56-62(65)68-59-60(58-67-61(64)55-52-49-46-43-21-18-15-12-9-6-3)69-63(66)57-54-51-48-45-42-40-37-27-25-23-20-17-14-11-8-5-2/h7,10,16,19,24,26,29-30,32-33,35-36,60H,4-6,8-9,11-15,17-18,20-23,25,27-28,31,34,37-59H2,1-3H3/b10-7-,19-16-,26-24-,30-29-,33-32-,36-35-. The maximum absolute atomic E-state index is 12.8. The number of esters is 3. The molecule has 69 heavy (non-hydrogen) atoms. The number of carbonyl (C=O) groups excluding carboxylic acids is 3. The van der Waals surface area contributed by atoms with E-state index in [9.17, 15) is 14.4 Å². The number of unbranched alkanes of at least 4 members (excludes halogenated alkanes) is 30. The average molecular weight is 964 g/mol. The molecule has 0 fully saturated rings. The summed E-state index contributed by atoms with van der Waals surface area (Å²) in [6.45, 7) is 6.53. The molecule has 0 aromatic rings. The number of allylic oxidation sites excluding steroid dienone is 12. The van der Waals surface area contributed by atoms with E-state index in [1.165, 1.54) is 148 Å². The summed E-state index contributed by atoms with van der Waals surface area (Å²) in [5.74, 6) is -0.881. The fraction of sp³-hybridized carbons (Fsp3) is 0.762. The van der Waals surface area contributed by atoms with E-state index in [4.69, 9.17) is 14.2 Å². The number of rotatable bonds is 53. The molecule has 6 nitrogen and oxygen atoms in total. The van der Waals surface area contributed by atoms with E-state index in [1.54, 1.807) is 0 Å². The predicted molar refractivity (Wildman–Crippen MR) is 298 cm³/mol. The molecule has 0 aromatic carbocycles. The molecule has 0 spiro atoms. The van der Waals surface area contributed by atoms with E-state index < -0.39 is 6.10 Å². The van der Waals surface area contributed by atoms with E-state index in [-0.39, 0.29) is 31.1 Å². The van der Waals surface area contributed by atoms with E-state index in [0.29, 0.717) is 19.3 Å². The van der Waals surface area contributed by atoms with Crippen molar-refractivity contribution in [2.45, 2.75) is 297 Å². The highest BCUT2D eigenvalue weighted by atomic mass is 16.6. The third kappa shape index (κ3) is 55.6. The summed E-state index contributed by atoms with van der Waals surface area (Å²) in [4.78, 5) is 38.1. The summed E-state index contributed by atoms with van der Waals surface area (Å²) in [5.41, 5.74) is 0. The Hall–Kier alpha value is -3.15. The van der Waals surface area contributed by atoms with Gasteiger partial charge in [-0.2, -0.15) is 0 Å². The van der Waals surface area contributed by atoms with E-state index in [2.05, 4.69) is 93.7 Å². The van der Waals surface area contributed by atoms with Crippen LogP contribution in [0.5, 0.6) is 0 Å². The van der Waals surface area contributed by atoms with Gasteiger partial charge in [-0.05, 0) is 70.6 Å². The van der Waals surface area contributed by atoms with Gasteiger partial charge in [0.05, 0.1) is 0 Å². The molecule has 0 heterocycles. The van der Waals surface area contributed by atoms with Crippen molar-refractivity contribution in [3.63, 3.8) is 0 Å². The van der Waals surface area contributed by atoms with Crippen molar-refractivity contribution in [3.05, 3.63) is 72.9 Å². The minimum absolute atomic E-state index is 0.0762. The lowest BCUT2D eigenvalue weighted by atomic mass is 10.0. The molecule has 0 aliphatic rings. The third-order valence-corrected chi connectivity index (χ3v) is 12.7. The molecular weight excluding hydrogens is 853 g/mol. The van der Waals surface area contributed by atoms with Crippen LogP contribution in [0.15, 0.2) is 72.9 Å². The SMILES string of the molecule is CC/C=C\C/C=C\C/C=C\C/C=C\C/C=C\C/C=C\CCCCCCCCC(=O)OCC(COC(=O)CCCCCCCCCCCC)OC(=O)CCCCCCCCCCCCCCCCCC. The van der Waals surface area contributed by atoms with Crippen molar-refractivity contribution in [3.8, 4) is 0 Å². The van der Waals surface area contributed by atoms with Crippen LogP contribution in [0.1, 0.15) is 290 Å². The molecule has 1 unspecified atom stereocenters. The van der Waals surface area contributed by atoms with Gasteiger partial charge in [0, 0.05) is 19.3 Å². The molecule has 0 aliphatic carbocycles. The fourth-order valence-electron chi connectivity index (χ4n) is 8.33. The first-order valence-electron chi connectivity index (χ1n) is 29.4. The molecule has 0 aromatic heterocycles. The second-order valence-corrected chi connectivity index (χ2v) is 19.5. The topological polar surface area (TPSA) is 78.9 Å². The van der Waals surface area contributed by atoms with Crippen LogP contribution in [0.3, 0.4) is 0 Å². The average Bonchev–Trinajstić information content (AvgIpc) is 3.35. The van der Waals surface area contributed by atoms with Gasteiger partial charge in [0.25, 0.3) is 0 Å². The molecule has 1 atom stereocenters. The van der Waals surface area contributed by atoms with Gasteiger partial charge in [0.15, 0.2) is 6.10 Å². The van der Waals surface area contributed by atoms with Gasteiger partial charge in [-0.1, -0.05) is 273 Å². The summed E-state index contributed by atoms with van der Waals surface area (Å²) in [7, 11) is 0. The molecule has 0 radical (unpaired) electrons. The van der Waals surface area contributed by atoms with Crippen molar-refractivity contribution in [2.24, 2.45) is 0 Å². The lowest BCUT2D eigenvalue weighted by Crippen LogP contribution is -2.30. The van der Waals surface area contributed by atoms with Crippen LogP contribution in [0, 0.1) is 0 Å². The summed E-state index contributed by atoms with van der Waals surface area (Å²) in [6, 6.07) is 0. The summed E-state index contributed by atoms with van der Waals surface area (Å²) in [6.07, 6.45) is 73.2. The largest absolute Gasteiger partial charge is 0.462 e. The number of carbonyl (C=O) groups is 3. The molecular formula is C63H110O6. The fourth-order valence-corrected chi connectivity index (χ4v) is 8.33. The summed E-state index contributed by atoms with van der Waals surface area (Å²) < 4.78 is 16.8. The Kier molecular flexibility index (Phi) is 54.8. The first-order valence-corrected chi connectivity index (χ1v) is 29.4. The Balaban J connectivity index is 4.29. The molecule has 0 amide bonds. The first-order chi connectivity index (χ1) is 34.0. The number of ether oxygens (including phenoxy) is 3. The van der Waals surface area contributed by atoms with Gasteiger partial charge >= 0.3 is 17.9 Å². The first kappa shape index (κ1) is 65.8. The lowest BCUT2D eigenvalue weighted by molar-refractivity contribution is -0.167. The Morgan fingerprint density at radius 1 is 0.304 bits per heavy atom. The minimum atomic E-state index is -0.777. The monoisotopic (exact) mass is 963 g/mol. The normalized spacial score (nSPS) is 12.6. The third-order valence-electron chi connectivity index (χ3n) is 12.7. The molecule has 0 aliphatic heterocycles. The maximum Gasteiger partial charge on any atom is 0.306 e. The quantitative estimate of drug-likeness (QED) is 0.0262. The maximum atomic E-state index is 12.8. The second kappa shape index (κ2) is 57.4. The highest BCUT2D eigenvalue weighted by Gasteiger charge is 2.19. The highest BCUT2D eigenvalue weighted by molar-refractivity contribution is 5.71. The molecule has 398 valence electrons. The van der Waals surface area contributed by atoms with Gasteiger partial charge in [-0.15, -0.1) is 0 Å². The van der Waals surface area contributed by atoms with Gasteiger partial charge in [-0.25, -0.2) is 0 Å². The molecule has 0 saturated heterocycles. The van der Waals surface area contributed by atoms with Gasteiger partial charge < -0.3 is 14.2 Å². The van der Waals surface area contributed by atoms with Crippen molar-refractivity contribution in [1.82, 2.24) is 0 Å². The molecule has 6 heteroatoms. The number of hydrogen-bond acceptors (Lipinski definition) is 6. The zero-order valence-electron chi connectivity index (χ0n) is 45.6. The van der Waals surface area contributed by atoms with Crippen molar-refractivity contribution in [2.75, 3.05) is 13.2 Å². The van der Waals surface area contributed by atoms with Gasteiger partial charge in [0.2, 0.25) is 0 Å². The minimum Gasteiger partial charge on any atom is -0.462 e. The zero-order chi connectivity index (χ0) is 50.0. The molecule has 0 rings (SSSR count). The smallest absolute Gasteiger partial charge is 0.306 e. The van der Waals surface area contributed by atoms with E-state index in [0.717, 1.165) is 103 Å². The Morgan fingerprint density at radius 2 is 0.565 bits per heavy atom.